The zero-order valence-electron chi connectivity index (χ0n) is 10.2. The van der Waals surface area contributed by atoms with E-state index in [4.69, 9.17) is 4.55 Å². The van der Waals surface area contributed by atoms with Gasteiger partial charge in [-0.25, -0.2) is 0 Å². The molecule has 1 aromatic carbocycles. The highest BCUT2D eigenvalue weighted by Gasteiger charge is 2.79. The third-order valence-corrected chi connectivity index (χ3v) is 3.19. The topological polar surface area (TPSA) is 63.6 Å². The van der Waals surface area contributed by atoms with Gasteiger partial charge in [0.15, 0.2) is 0 Å². The quantitative estimate of drug-likeness (QED) is 0.662. The highest BCUT2D eigenvalue weighted by atomic mass is 32.2. The maximum absolute atomic E-state index is 13.2. The highest BCUT2D eigenvalue weighted by molar-refractivity contribution is 7.87. The first-order chi connectivity index (χ1) is 9.22. The van der Waals surface area contributed by atoms with E-state index < -0.39 is 33.2 Å². The van der Waals surface area contributed by atoms with Gasteiger partial charge in [-0.1, -0.05) is 12.1 Å². The molecule has 0 unspecified atom stereocenters. The molecule has 0 atom stereocenters. The molecule has 0 aromatic heterocycles. The van der Waals surface area contributed by atoms with Crippen LogP contribution in [-0.4, -0.2) is 30.3 Å². The summed E-state index contributed by atoms with van der Waals surface area (Å²) in [5, 5.41) is -6.44. The van der Waals surface area contributed by atoms with Gasteiger partial charge < -0.3 is 4.74 Å². The molecular formula is C10H8F6O4S. The predicted octanol–water partition coefficient (Wildman–Crippen LogP) is 3.08. The zero-order valence-corrected chi connectivity index (χ0v) is 11.0. The van der Waals surface area contributed by atoms with E-state index in [1.54, 1.807) is 0 Å². The molecule has 1 rings (SSSR count). The van der Waals surface area contributed by atoms with Gasteiger partial charge in [-0.05, 0) is 24.6 Å². The van der Waals surface area contributed by atoms with E-state index in [1.165, 1.54) is 13.0 Å². The predicted molar refractivity (Wildman–Crippen MR) is 58.2 cm³/mol. The Morgan fingerprint density at radius 1 is 1.10 bits per heavy atom. The number of alkyl halides is 6. The lowest BCUT2D eigenvalue weighted by molar-refractivity contribution is -0.353. The van der Waals surface area contributed by atoms with Crippen LogP contribution in [0.3, 0.4) is 0 Å². The molecule has 0 bridgehead atoms. The number of hydrogen-bond acceptors (Lipinski definition) is 3. The van der Waals surface area contributed by atoms with Crippen molar-refractivity contribution in [3.63, 3.8) is 0 Å². The van der Waals surface area contributed by atoms with E-state index in [0.717, 1.165) is 18.2 Å². The first kappa shape index (κ1) is 17.6. The summed E-state index contributed by atoms with van der Waals surface area (Å²) in [7, 11) is -6.79. The van der Waals surface area contributed by atoms with Gasteiger partial charge in [0.05, 0.1) is 0 Å². The fourth-order valence-electron chi connectivity index (χ4n) is 1.22. The van der Waals surface area contributed by atoms with Gasteiger partial charge in [-0.15, -0.1) is 0 Å². The molecule has 120 valence electrons. The van der Waals surface area contributed by atoms with Crippen molar-refractivity contribution < 1.29 is 44.0 Å². The molecule has 0 aliphatic heterocycles. The second kappa shape index (κ2) is 5.05. The molecule has 0 amide bonds. The van der Waals surface area contributed by atoms with Crippen molar-refractivity contribution in [2.24, 2.45) is 0 Å². The van der Waals surface area contributed by atoms with Crippen LogP contribution in [0.1, 0.15) is 5.56 Å². The SMILES string of the molecule is Cc1cccc(OC(F)(F)C(F)(F)C(F)(F)S(=O)(=O)O)c1. The second-order valence-corrected chi connectivity index (χ2v) is 5.46. The molecule has 0 saturated heterocycles. The minimum atomic E-state index is -6.79. The lowest BCUT2D eigenvalue weighted by Crippen LogP contribution is -2.59. The number of halogens is 6. The molecule has 0 heterocycles. The van der Waals surface area contributed by atoms with Crippen molar-refractivity contribution in [3.05, 3.63) is 29.8 Å². The molecule has 0 saturated carbocycles. The fraction of sp³-hybridized carbons (Fsp3) is 0.400. The Morgan fingerprint density at radius 3 is 2.05 bits per heavy atom. The smallest absolute Gasteiger partial charge is 0.428 e. The molecule has 1 N–H and O–H groups in total. The number of rotatable bonds is 5. The molecule has 21 heavy (non-hydrogen) atoms. The Labute approximate surface area is 115 Å². The first-order valence-electron chi connectivity index (χ1n) is 5.08. The molecule has 0 radical (unpaired) electrons. The van der Waals surface area contributed by atoms with Crippen molar-refractivity contribution in [1.82, 2.24) is 0 Å². The molecule has 1 aromatic rings. The van der Waals surface area contributed by atoms with Crippen molar-refractivity contribution >= 4 is 10.1 Å². The second-order valence-electron chi connectivity index (χ2n) is 4.00. The monoisotopic (exact) mass is 338 g/mol. The lowest BCUT2D eigenvalue weighted by atomic mass is 10.2. The summed E-state index contributed by atoms with van der Waals surface area (Å²) in [5.74, 6) is -7.39. The van der Waals surface area contributed by atoms with Gasteiger partial charge in [0.25, 0.3) is 0 Å². The van der Waals surface area contributed by atoms with Crippen LogP contribution in [0.5, 0.6) is 5.75 Å². The highest BCUT2D eigenvalue weighted by Crippen LogP contribution is 2.48. The summed E-state index contributed by atoms with van der Waals surface area (Å²) in [6, 6.07) is 4.13. The molecule has 0 aliphatic carbocycles. The van der Waals surface area contributed by atoms with Crippen LogP contribution >= 0.6 is 0 Å². The molecular weight excluding hydrogens is 330 g/mol. The first-order valence-corrected chi connectivity index (χ1v) is 6.52. The Bertz CT molecular complexity index is 628. The third kappa shape index (κ3) is 3.07. The van der Waals surface area contributed by atoms with E-state index in [0.29, 0.717) is 5.56 Å². The molecule has 0 aliphatic rings. The number of hydrogen-bond donors (Lipinski definition) is 1. The summed E-state index contributed by atoms with van der Waals surface area (Å²) >= 11 is 0. The van der Waals surface area contributed by atoms with E-state index in [9.17, 15) is 34.8 Å². The van der Waals surface area contributed by atoms with Gasteiger partial charge in [0.1, 0.15) is 5.75 Å². The molecule has 11 heteroatoms. The number of aryl methyl sites for hydroxylation is 1. The fourth-order valence-corrected chi connectivity index (χ4v) is 1.67. The third-order valence-electron chi connectivity index (χ3n) is 2.29. The van der Waals surface area contributed by atoms with Crippen LogP contribution in [-0.2, 0) is 10.1 Å². The Hall–Kier alpha value is -1.49. The standard InChI is InChI=1S/C10H8F6O4S/c1-6-3-2-4-7(5-6)20-9(13,14)8(11,12)10(15,16)21(17,18)19/h2-5H,1H3,(H,17,18,19). The Morgan fingerprint density at radius 2 is 1.62 bits per heavy atom. The molecule has 0 fully saturated rings. The molecule has 4 nitrogen and oxygen atoms in total. The van der Waals surface area contributed by atoms with Gasteiger partial charge in [0, 0.05) is 0 Å². The Kier molecular flexibility index (Phi) is 4.23. The van der Waals surface area contributed by atoms with Crippen molar-refractivity contribution in [1.29, 1.82) is 0 Å². The summed E-state index contributed by atoms with van der Waals surface area (Å²) in [5.41, 5.74) is 0.299. The average molecular weight is 338 g/mol. The largest absolute Gasteiger partial charge is 0.472 e. The van der Waals surface area contributed by atoms with Crippen LogP contribution in [0.4, 0.5) is 26.3 Å². The van der Waals surface area contributed by atoms with E-state index in [2.05, 4.69) is 4.74 Å². The van der Waals surface area contributed by atoms with Crippen molar-refractivity contribution in [3.8, 4) is 5.75 Å². The van der Waals surface area contributed by atoms with Crippen LogP contribution in [0.15, 0.2) is 24.3 Å². The summed E-state index contributed by atoms with van der Waals surface area (Å²) in [6.45, 7) is 1.38. The summed E-state index contributed by atoms with van der Waals surface area (Å²) in [4.78, 5) is 0. The molecule has 0 spiro atoms. The summed E-state index contributed by atoms with van der Waals surface area (Å²) in [6.07, 6.45) is -5.89. The van der Waals surface area contributed by atoms with Crippen LogP contribution in [0, 0.1) is 6.92 Å². The lowest BCUT2D eigenvalue weighted by Gasteiger charge is -2.30. The average Bonchev–Trinajstić information content (AvgIpc) is 2.26. The van der Waals surface area contributed by atoms with Gasteiger partial charge in [-0.3, -0.25) is 4.55 Å². The minimum absolute atomic E-state index is 0.299. The van der Waals surface area contributed by atoms with Crippen molar-refractivity contribution in [2.75, 3.05) is 0 Å². The van der Waals surface area contributed by atoms with Crippen molar-refractivity contribution in [2.45, 2.75) is 24.2 Å². The van der Waals surface area contributed by atoms with Gasteiger partial charge >= 0.3 is 27.4 Å². The normalized spacial score (nSPS) is 14.1. The van der Waals surface area contributed by atoms with E-state index in [-0.39, 0.29) is 0 Å². The van der Waals surface area contributed by atoms with E-state index in [1.807, 2.05) is 0 Å². The van der Waals surface area contributed by atoms with Crippen LogP contribution in [0.2, 0.25) is 0 Å². The van der Waals surface area contributed by atoms with Crippen LogP contribution in [0.25, 0.3) is 0 Å². The number of ether oxygens (including phenoxy) is 1. The Balaban J connectivity index is 3.22. The van der Waals surface area contributed by atoms with Gasteiger partial charge in [-0.2, -0.15) is 34.8 Å². The maximum atomic E-state index is 13.2. The number of benzene rings is 1. The maximum Gasteiger partial charge on any atom is 0.472 e. The summed E-state index contributed by atoms with van der Waals surface area (Å²) < 4.78 is 110. The van der Waals surface area contributed by atoms with Gasteiger partial charge in [0.2, 0.25) is 0 Å². The van der Waals surface area contributed by atoms with E-state index >= 15 is 0 Å². The zero-order chi connectivity index (χ0) is 16.7. The van der Waals surface area contributed by atoms with Crippen LogP contribution < -0.4 is 4.74 Å². The minimum Gasteiger partial charge on any atom is -0.428 e.